The molecule has 0 saturated heterocycles. The lowest BCUT2D eigenvalue weighted by Gasteiger charge is -2.15. The van der Waals surface area contributed by atoms with Crippen molar-refractivity contribution >= 4 is 28.5 Å². The Bertz CT molecular complexity index is 81.7. The molecule has 0 unspecified atom stereocenters. The zero-order valence-electron chi connectivity index (χ0n) is 6.05. The van der Waals surface area contributed by atoms with Gasteiger partial charge in [-0.3, -0.25) is 4.79 Å². The highest BCUT2D eigenvalue weighted by molar-refractivity contribution is 7.94. The first-order valence-electron chi connectivity index (χ1n) is 3.60. The number of hydrogen-bond acceptors (Lipinski definition) is 1. The summed E-state index contributed by atoms with van der Waals surface area (Å²) in [6, 6.07) is 0. The minimum absolute atomic E-state index is 0.444. The van der Waals surface area contributed by atoms with Gasteiger partial charge in [0.05, 0.1) is 0 Å². The van der Waals surface area contributed by atoms with E-state index in [1.807, 2.05) is 0 Å². The van der Waals surface area contributed by atoms with Gasteiger partial charge in [0.2, 0.25) is 0 Å². The van der Waals surface area contributed by atoms with E-state index in [0.29, 0.717) is 5.62 Å². The Hall–Kier alpha value is 0.237. The molecule has 0 atom stereocenters. The van der Waals surface area contributed by atoms with E-state index < -0.39 is 0 Å². The van der Waals surface area contributed by atoms with E-state index in [2.05, 4.69) is 22.9 Å². The molecule has 0 spiro atoms. The summed E-state index contributed by atoms with van der Waals surface area (Å²) in [6.07, 6.45) is 7.14. The van der Waals surface area contributed by atoms with Gasteiger partial charge in [-0.05, 0) is 0 Å². The molecule has 1 fully saturated rings. The van der Waals surface area contributed by atoms with Gasteiger partial charge in [0, 0.05) is 10.2 Å². The number of thiol groups is 1. The molecule has 1 aliphatic carbocycles. The summed E-state index contributed by atoms with van der Waals surface area (Å²) in [6.45, 7) is 0. The van der Waals surface area contributed by atoms with Gasteiger partial charge >= 0.3 is 0 Å². The first-order valence-corrected chi connectivity index (χ1v) is 4.69. The fourth-order valence-corrected chi connectivity index (χ4v) is 1.51. The zero-order chi connectivity index (χ0) is 7.82. The third-order valence-electron chi connectivity index (χ3n) is 1.61. The molecular weight excluding hydrogens is 160 g/mol. The average molecular weight is 173 g/mol. The van der Waals surface area contributed by atoms with Gasteiger partial charge in [0.1, 0.15) is 0 Å². The van der Waals surface area contributed by atoms with E-state index in [9.17, 15) is 0 Å². The van der Waals surface area contributed by atoms with Crippen molar-refractivity contribution in [3.63, 3.8) is 0 Å². The molecule has 0 aliphatic heterocycles. The number of rotatable bonds is 0. The Labute approximate surface area is 71.4 Å². The molecule has 0 aromatic heterocycles. The van der Waals surface area contributed by atoms with Gasteiger partial charge < -0.3 is 0 Å². The summed E-state index contributed by atoms with van der Waals surface area (Å²) in [4.78, 5) is 8.67. The molecule has 1 nitrogen and oxygen atoms in total. The quantitative estimate of drug-likeness (QED) is 0.337. The third-order valence-corrected chi connectivity index (χ3v) is 2.18. The summed E-state index contributed by atoms with van der Waals surface area (Å²) >= 11 is 3.11. The van der Waals surface area contributed by atoms with Crippen LogP contribution in [0.5, 0.6) is 0 Å². The Morgan fingerprint density at radius 3 is 1.90 bits per heavy atom. The summed E-state index contributed by atoms with van der Waals surface area (Å²) in [5.74, 6) is 0. The maximum absolute atomic E-state index is 8.67. The van der Waals surface area contributed by atoms with Crippen molar-refractivity contribution in [3.8, 4) is 0 Å². The Morgan fingerprint density at radius 1 is 1.30 bits per heavy atom. The van der Waals surface area contributed by atoms with Crippen LogP contribution in [0.3, 0.4) is 0 Å². The molecule has 0 amide bonds. The van der Waals surface area contributed by atoms with Crippen LogP contribution in [0.4, 0.5) is 0 Å². The number of carbonyl (C=O) groups is 1. The summed E-state index contributed by atoms with van der Waals surface area (Å²) < 4.78 is 0. The topological polar surface area (TPSA) is 17.1 Å². The average Bonchev–Trinajstić information content (AvgIpc) is 1.91. The van der Waals surface area contributed by atoms with Crippen molar-refractivity contribution < 1.29 is 4.79 Å². The van der Waals surface area contributed by atoms with E-state index in [-0.39, 0.29) is 0 Å². The first-order chi connectivity index (χ1) is 4.81. The number of hydrogen-bond donors (Lipinski definition) is 1. The van der Waals surface area contributed by atoms with Gasteiger partial charge in [0.15, 0.2) is 5.62 Å². The van der Waals surface area contributed by atoms with Crippen LogP contribution in [0.25, 0.3) is 0 Å². The van der Waals surface area contributed by atoms with Gasteiger partial charge in [-0.25, -0.2) is 0 Å². The maximum Gasteiger partial charge on any atom is 0.173 e. The van der Waals surface area contributed by atoms with Crippen molar-refractivity contribution in [2.24, 2.45) is 0 Å². The summed E-state index contributed by atoms with van der Waals surface area (Å²) in [5, 5.41) is 0. The maximum atomic E-state index is 8.67. The van der Waals surface area contributed by atoms with E-state index in [1.54, 1.807) is 0 Å². The molecule has 1 rings (SSSR count). The second kappa shape index (κ2) is 7.35. The molecule has 0 aromatic carbocycles. The monoisotopic (exact) mass is 173 g/mol. The Balaban J connectivity index is 0.000000236. The summed E-state index contributed by atoms with van der Waals surface area (Å²) in [5.41, 5.74) is 1.29. The normalized spacial score (nSPS) is 19.0. The van der Waals surface area contributed by atoms with Crippen LogP contribution < -0.4 is 0 Å². The van der Waals surface area contributed by atoms with Crippen molar-refractivity contribution in [1.82, 2.24) is 0 Å². The van der Waals surface area contributed by atoms with Crippen LogP contribution in [-0.4, -0.2) is 15.9 Å². The third kappa shape index (κ3) is 6.36. The highest BCUT2D eigenvalue weighted by Gasteiger charge is 2.06. The van der Waals surface area contributed by atoms with Crippen LogP contribution in [0.2, 0.25) is 5.54 Å². The van der Waals surface area contributed by atoms with Crippen molar-refractivity contribution in [3.05, 3.63) is 0 Å². The van der Waals surface area contributed by atoms with Crippen LogP contribution in [0.15, 0.2) is 0 Å². The van der Waals surface area contributed by atoms with Crippen LogP contribution >= 0.6 is 12.6 Å². The molecule has 3 radical (unpaired) electrons. The summed E-state index contributed by atoms with van der Waals surface area (Å²) in [7, 11) is 3.63. The molecule has 1 saturated carbocycles. The van der Waals surface area contributed by atoms with Crippen LogP contribution in [0, 0.1) is 0 Å². The molecule has 0 aromatic rings. The first kappa shape index (κ1) is 10.2. The molecular formula is C7H13OSSi. The lowest BCUT2D eigenvalue weighted by Crippen LogP contribution is -1.98. The van der Waals surface area contributed by atoms with Crippen LogP contribution in [-0.2, 0) is 4.79 Å². The molecule has 3 heteroatoms. The SMILES string of the molecule is O=CS.[Si]C1CCCCC1. The fraction of sp³-hybridized carbons (Fsp3) is 0.857. The van der Waals surface area contributed by atoms with Gasteiger partial charge in [0.25, 0.3) is 0 Å². The number of carbonyl (C=O) groups excluding carboxylic acids is 1. The van der Waals surface area contributed by atoms with E-state index >= 15 is 0 Å². The van der Waals surface area contributed by atoms with Gasteiger partial charge in [-0.2, -0.15) is 0 Å². The molecule has 57 valence electrons. The molecule has 1 aliphatic rings. The highest BCUT2D eigenvalue weighted by Crippen LogP contribution is 2.24. The van der Waals surface area contributed by atoms with Crippen molar-refractivity contribution in [1.29, 1.82) is 0 Å². The van der Waals surface area contributed by atoms with Crippen molar-refractivity contribution in [2.45, 2.75) is 37.6 Å². The van der Waals surface area contributed by atoms with E-state index in [1.165, 1.54) is 32.1 Å². The van der Waals surface area contributed by atoms with Gasteiger partial charge in [-0.1, -0.05) is 37.6 Å². The van der Waals surface area contributed by atoms with Gasteiger partial charge in [-0.15, -0.1) is 12.6 Å². The lowest BCUT2D eigenvalue weighted by molar-refractivity contribution is 0.504. The second-order valence-electron chi connectivity index (χ2n) is 2.44. The molecule has 10 heavy (non-hydrogen) atoms. The zero-order valence-corrected chi connectivity index (χ0v) is 7.94. The largest absolute Gasteiger partial charge is 0.291 e. The minimum Gasteiger partial charge on any atom is -0.291 e. The smallest absolute Gasteiger partial charge is 0.173 e. The highest BCUT2D eigenvalue weighted by atomic mass is 32.1. The van der Waals surface area contributed by atoms with E-state index in [4.69, 9.17) is 4.79 Å². The van der Waals surface area contributed by atoms with E-state index in [0.717, 1.165) is 5.54 Å². The van der Waals surface area contributed by atoms with Crippen LogP contribution in [0.1, 0.15) is 32.1 Å². The Kier molecular flexibility index (Phi) is 7.52. The standard InChI is InChI=1S/C6H11Si.CH2OS/c7-6-4-2-1-3-5-6;2-1-3/h6H,1-5H2;1H,(H,2,3). The lowest BCUT2D eigenvalue weighted by atomic mass is 10.0. The fourth-order valence-electron chi connectivity index (χ4n) is 1.10. The predicted molar refractivity (Wildman–Crippen MR) is 48.3 cm³/mol. The van der Waals surface area contributed by atoms with Crippen molar-refractivity contribution in [2.75, 3.05) is 0 Å². The molecule has 0 heterocycles. The second-order valence-corrected chi connectivity index (χ2v) is 3.47. The predicted octanol–water partition coefficient (Wildman–Crippen LogP) is 2.01. The minimum atomic E-state index is 0.444. The molecule has 0 bridgehead atoms. The molecule has 0 N–H and O–H groups in total. The Morgan fingerprint density at radius 2 is 1.70 bits per heavy atom.